The Bertz CT molecular complexity index is 929. The number of benzene rings is 1. The average molecular weight is 340 g/mol. The number of rotatable bonds is 3. The normalized spacial score (nSPS) is 23.2. The molecule has 1 saturated heterocycles. The molecular formula is C19H20N2O4. The number of aryl methyl sites for hydroxylation is 1. The first-order chi connectivity index (χ1) is 12.0. The van der Waals surface area contributed by atoms with Gasteiger partial charge in [-0.1, -0.05) is 18.2 Å². The number of likely N-dealkylation sites (tertiary alicyclic amines) is 1. The van der Waals surface area contributed by atoms with Crippen LogP contribution in [0.15, 0.2) is 35.1 Å². The molecule has 1 aromatic carbocycles. The van der Waals surface area contributed by atoms with Crippen molar-refractivity contribution >= 4 is 22.8 Å². The summed E-state index contributed by atoms with van der Waals surface area (Å²) < 4.78 is 1.52. The maximum Gasteiger partial charge on any atom is 0.308 e. The molecule has 0 spiro atoms. The summed E-state index contributed by atoms with van der Waals surface area (Å²) in [6.07, 6.45) is 2.09. The molecular weight excluding hydrogens is 320 g/mol. The summed E-state index contributed by atoms with van der Waals surface area (Å²) in [5.74, 6) is -1.14. The van der Waals surface area contributed by atoms with Crippen LogP contribution in [0.2, 0.25) is 0 Å². The van der Waals surface area contributed by atoms with Crippen molar-refractivity contribution in [2.75, 3.05) is 13.1 Å². The molecule has 130 valence electrons. The van der Waals surface area contributed by atoms with Crippen LogP contribution in [-0.4, -0.2) is 39.5 Å². The van der Waals surface area contributed by atoms with Gasteiger partial charge in [0.25, 0.3) is 11.5 Å². The molecule has 2 aliphatic rings. The molecule has 25 heavy (non-hydrogen) atoms. The first kappa shape index (κ1) is 15.9. The average Bonchev–Trinajstić information content (AvgIpc) is 3.35. The summed E-state index contributed by atoms with van der Waals surface area (Å²) in [6, 6.07) is 8.66. The number of aromatic nitrogens is 1. The van der Waals surface area contributed by atoms with E-state index in [0.717, 1.165) is 18.2 Å². The van der Waals surface area contributed by atoms with Crippen molar-refractivity contribution in [3.63, 3.8) is 0 Å². The minimum absolute atomic E-state index is 0.0271. The van der Waals surface area contributed by atoms with Gasteiger partial charge in [0.2, 0.25) is 0 Å². The fourth-order valence-electron chi connectivity index (χ4n) is 4.02. The zero-order valence-electron chi connectivity index (χ0n) is 14.0. The number of nitrogens with zero attached hydrogens (tertiary/aromatic N) is 2. The van der Waals surface area contributed by atoms with Gasteiger partial charge in [-0.15, -0.1) is 0 Å². The molecule has 6 heteroatoms. The van der Waals surface area contributed by atoms with Crippen LogP contribution in [0.1, 0.15) is 23.2 Å². The summed E-state index contributed by atoms with van der Waals surface area (Å²) in [7, 11) is 1.68. The zero-order chi connectivity index (χ0) is 17.7. The van der Waals surface area contributed by atoms with Crippen LogP contribution in [0.5, 0.6) is 0 Å². The standard InChI is InChI=1S/C19H20N2O4/c1-20-16-5-3-2-4-12(16)13(8-17(20)22)18(23)21-9-14(11-6-7-11)15(10-21)19(24)25/h2-5,8,11,14-15H,6-7,9-10H2,1H3,(H,24,25)/t14-,15+/m1/s1. The predicted molar refractivity (Wildman–Crippen MR) is 92.4 cm³/mol. The van der Waals surface area contributed by atoms with E-state index in [2.05, 4.69) is 0 Å². The fraction of sp³-hybridized carbons (Fsp3) is 0.421. The van der Waals surface area contributed by atoms with Crippen molar-refractivity contribution < 1.29 is 14.7 Å². The number of carbonyl (C=O) groups excluding carboxylic acids is 1. The highest BCUT2D eigenvalue weighted by molar-refractivity contribution is 6.06. The Hall–Kier alpha value is -2.63. The van der Waals surface area contributed by atoms with E-state index in [0.29, 0.717) is 23.5 Å². The number of hydrogen-bond acceptors (Lipinski definition) is 3. The van der Waals surface area contributed by atoms with Crippen LogP contribution in [0.3, 0.4) is 0 Å². The lowest BCUT2D eigenvalue weighted by molar-refractivity contribution is -0.142. The molecule has 0 bridgehead atoms. The van der Waals surface area contributed by atoms with Crippen molar-refractivity contribution in [2.24, 2.45) is 24.8 Å². The molecule has 6 nitrogen and oxygen atoms in total. The Kier molecular flexibility index (Phi) is 3.63. The van der Waals surface area contributed by atoms with Crippen LogP contribution in [0.4, 0.5) is 0 Å². The van der Waals surface area contributed by atoms with Gasteiger partial charge in [-0.05, 0) is 30.7 Å². The van der Waals surface area contributed by atoms with E-state index in [1.54, 1.807) is 11.9 Å². The number of pyridine rings is 1. The predicted octanol–water partition coefficient (Wildman–Crippen LogP) is 1.72. The number of carboxylic acids is 1. The van der Waals surface area contributed by atoms with Gasteiger partial charge in [-0.2, -0.15) is 0 Å². The van der Waals surface area contributed by atoms with E-state index in [4.69, 9.17) is 0 Å². The Morgan fingerprint density at radius 1 is 1.16 bits per heavy atom. The lowest BCUT2D eigenvalue weighted by atomic mass is 9.92. The second-order valence-electron chi connectivity index (χ2n) is 7.13. The van der Waals surface area contributed by atoms with Crippen molar-refractivity contribution in [1.29, 1.82) is 0 Å². The Balaban J connectivity index is 1.72. The first-order valence-electron chi connectivity index (χ1n) is 8.58. The van der Waals surface area contributed by atoms with Gasteiger partial charge in [-0.3, -0.25) is 14.4 Å². The van der Waals surface area contributed by atoms with Crippen molar-refractivity contribution in [1.82, 2.24) is 9.47 Å². The second-order valence-corrected chi connectivity index (χ2v) is 7.13. The zero-order valence-corrected chi connectivity index (χ0v) is 14.0. The van der Waals surface area contributed by atoms with Crippen LogP contribution in [-0.2, 0) is 11.8 Å². The Morgan fingerprint density at radius 3 is 2.56 bits per heavy atom. The Morgan fingerprint density at radius 2 is 1.88 bits per heavy atom. The van der Waals surface area contributed by atoms with E-state index < -0.39 is 11.9 Å². The van der Waals surface area contributed by atoms with E-state index in [-0.39, 0.29) is 23.9 Å². The molecule has 4 rings (SSSR count). The third kappa shape index (κ3) is 2.62. The van der Waals surface area contributed by atoms with E-state index in [9.17, 15) is 19.5 Å². The third-order valence-electron chi connectivity index (χ3n) is 5.58. The van der Waals surface area contributed by atoms with Gasteiger partial charge in [-0.25, -0.2) is 0 Å². The molecule has 0 unspecified atom stereocenters. The van der Waals surface area contributed by atoms with Gasteiger partial charge in [0, 0.05) is 31.6 Å². The van der Waals surface area contributed by atoms with Gasteiger partial charge >= 0.3 is 5.97 Å². The maximum absolute atomic E-state index is 13.1. The maximum atomic E-state index is 13.1. The number of carbonyl (C=O) groups is 2. The van der Waals surface area contributed by atoms with Gasteiger partial charge < -0.3 is 14.6 Å². The van der Waals surface area contributed by atoms with Crippen LogP contribution in [0, 0.1) is 17.8 Å². The molecule has 1 aromatic heterocycles. The largest absolute Gasteiger partial charge is 0.481 e. The number of amides is 1. The van der Waals surface area contributed by atoms with Crippen LogP contribution in [0.25, 0.3) is 10.9 Å². The lowest BCUT2D eigenvalue weighted by Crippen LogP contribution is -2.31. The number of para-hydroxylation sites is 1. The molecule has 1 aliphatic heterocycles. The third-order valence-corrected chi connectivity index (χ3v) is 5.58. The Labute approximate surface area is 144 Å². The minimum Gasteiger partial charge on any atom is -0.481 e. The molecule has 1 aliphatic carbocycles. The first-order valence-corrected chi connectivity index (χ1v) is 8.58. The molecule has 2 aromatic rings. The molecule has 1 amide bonds. The van der Waals surface area contributed by atoms with Gasteiger partial charge in [0.05, 0.1) is 17.0 Å². The van der Waals surface area contributed by atoms with Gasteiger partial charge in [0.15, 0.2) is 0 Å². The second kappa shape index (κ2) is 5.72. The molecule has 1 N–H and O–H groups in total. The summed E-state index contributed by atoms with van der Waals surface area (Å²) in [6.45, 7) is 0.683. The van der Waals surface area contributed by atoms with E-state index in [1.807, 2.05) is 24.3 Å². The van der Waals surface area contributed by atoms with E-state index >= 15 is 0 Å². The smallest absolute Gasteiger partial charge is 0.308 e. The van der Waals surface area contributed by atoms with Gasteiger partial charge in [0.1, 0.15) is 0 Å². The molecule has 1 saturated carbocycles. The topological polar surface area (TPSA) is 79.6 Å². The summed E-state index contributed by atoms with van der Waals surface area (Å²) in [4.78, 5) is 38.5. The highest BCUT2D eigenvalue weighted by Gasteiger charge is 2.47. The van der Waals surface area contributed by atoms with Crippen molar-refractivity contribution in [2.45, 2.75) is 12.8 Å². The lowest BCUT2D eigenvalue weighted by Gasteiger charge is -2.18. The number of aliphatic carboxylic acids is 1. The van der Waals surface area contributed by atoms with Crippen LogP contribution < -0.4 is 5.56 Å². The minimum atomic E-state index is -0.832. The van der Waals surface area contributed by atoms with Crippen LogP contribution >= 0.6 is 0 Å². The fourth-order valence-corrected chi connectivity index (χ4v) is 4.02. The van der Waals surface area contributed by atoms with E-state index in [1.165, 1.54) is 10.6 Å². The molecule has 2 heterocycles. The highest BCUT2D eigenvalue weighted by Crippen LogP contribution is 2.44. The summed E-state index contributed by atoms with van der Waals surface area (Å²) in [5.41, 5.74) is 0.820. The number of hydrogen-bond donors (Lipinski definition) is 1. The molecule has 0 radical (unpaired) electrons. The monoisotopic (exact) mass is 340 g/mol. The SMILES string of the molecule is Cn1c(=O)cc(C(=O)N2C[C@H](C(=O)O)[C@@H](C3CC3)C2)c2ccccc21. The number of carboxylic acid groups (broad SMARTS) is 1. The molecule has 2 atom stereocenters. The van der Waals surface area contributed by atoms with Crippen molar-refractivity contribution in [3.8, 4) is 0 Å². The quantitative estimate of drug-likeness (QED) is 0.923. The summed E-state index contributed by atoms with van der Waals surface area (Å²) >= 11 is 0. The highest BCUT2D eigenvalue weighted by atomic mass is 16.4. The van der Waals surface area contributed by atoms with Crippen molar-refractivity contribution in [3.05, 3.63) is 46.2 Å². The number of fused-ring (bicyclic) bond motifs is 1. The molecule has 2 fully saturated rings. The summed E-state index contributed by atoms with van der Waals surface area (Å²) in [5, 5.41) is 10.2.